The fraction of sp³-hybridized carbons (Fsp3) is 0.500. The number of nitrogens with zero attached hydrogens (tertiary/aromatic N) is 2. The van der Waals surface area contributed by atoms with E-state index in [0.717, 1.165) is 0 Å². The standard InChI is InChI=1S/C14H16F3N3.2ClH/c15-14(16,17)9-13(20-6-4-19-5-7-20)12-3-1-2-11(8-12)10-18;;/h1-3,8,13,19H,4-7,9H2;2*1H/t13-;;/m0../s1. The summed E-state index contributed by atoms with van der Waals surface area (Å²) in [5.41, 5.74) is 0.952. The van der Waals surface area contributed by atoms with Gasteiger partial charge in [-0.15, -0.1) is 24.8 Å². The number of alkyl halides is 3. The summed E-state index contributed by atoms with van der Waals surface area (Å²) in [5.74, 6) is 0. The fourth-order valence-electron chi connectivity index (χ4n) is 2.49. The van der Waals surface area contributed by atoms with Gasteiger partial charge in [0.25, 0.3) is 0 Å². The van der Waals surface area contributed by atoms with Gasteiger partial charge in [0.1, 0.15) is 0 Å². The zero-order chi connectivity index (χ0) is 14.6. The van der Waals surface area contributed by atoms with Crippen molar-refractivity contribution in [2.45, 2.75) is 18.6 Å². The highest BCUT2D eigenvalue weighted by molar-refractivity contribution is 5.85. The minimum Gasteiger partial charge on any atom is -0.314 e. The van der Waals surface area contributed by atoms with Crippen LogP contribution < -0.4 is 5.32 Å². The van der Waals surface area contributed by atoms with Crippen molar-refractivity contribution in [3.63, 3.8) is 0 Å². The predicted molar refractivity (Wildman–Crippen MR) is 83.5 cm³/mol. The average molecular weight is 356 g/mol. The zero-order valence-electron chi connectivity index (χ0n) is 11.8. The Hall–Kier alpha value is -1.00. The maximum atomic E-state index is 12.8. The second-order valence-electron chi connectivity index (χ2n) is 4.86. The molecule has 0 saturated carbocycles. The van der Waals surface area contributed by atoms with Crippen LogP contribution in [0.25, 0.3) is 0 Å². The molecule has 0 aromatic heterocycles. The molecular formula is C14H18Cl2F3N3. The summed E-state index contributed by atoms with van der Waals surface area (Å²) in [7, 11) is 0. The maximum Gasteiger partial charge on any atom is 0.390 e. The van der Waals surface area contributed by atoms with Gasteiger partial charge in [-0.25, -0.2) is 0 Å². The van der Waals surface area contributed by atoms with Crippen LogP contribution in [0.4, 0.5) is 13.2 Å². The first kappa shape index (κ1) is 21.0. The third kappa shape index (κ3) is 6.01. The molecule has 22 heavy (non-hydrogen) atoms. The highest BCUT2D eigenvalue weighted by atomic mass is 35.5. The minimum atomic E-state index is -4.22. The molecule has 0 amide bonds. The molecular weight excluding hydrogens is 338 g/mol. The zero-order valence-corrected chi connectivity index (χ0v) is 13.4. The van der Waals surface area contributed by atoms with Crippen LogP contribution in [0.2, 0.25) is 0 Å². The van der Waals surface area contributed by atoms with Gasteiger partial charge >= 0.3 is 6.18 Å². The normalized spacial score (nSPS) is 16.8. The molecule has 1 atom stereocenters. The van der Waals surface area contributed by atoms with Crippen LogP contribution in [0.15, 0.2) is 24.3 Å². The third-order valence-electron chi connectivity index (χ3n) is 3.42. The SMILES string of the molecule is Cl.Cl.N#Cc1cccc([C@H](CC(F)(F)F)N2CCNCC2)c1. The molecule has 2 rings (SSSR count). The number of nitriles is 1. The van der Waals surface area contributed by atoms with E-state index in [4.69, 9.17) is 5.26 Å². The summed E-state index contributed by atoms with van der Waals surface area (Å²) in [5, 5.41) is 12.0. The van der Waals surface area contributed by atoms with E-state index in [9.17, 15) is 13.2 Å². The Kier molecular flexibility index (Phi) is 8.79. The highest BCUT2D eigenvalue weighted by Crippen LogP contribution is 2.34. The molecule has 124 valence electrons. The maximum absolute atomic E-state index is 12.8. The molecule has 1 fully saturated rings. The number of benzene rings is 1. The minimum absolute atomic E-state index is 0. The summed E-state index contributed by atoms with van der Waals surface area (Å²) >= 11 is 0. The lowest BCUT2D eigenvalue weighted by Crippen LogP contribution is -2.46. The lowest BCUT2D eigenvalue weighted by molar-refractivity contribution is -0.148. The number of hydrogen-bond acceptors (Lipinski definition) is 3. The van der Waals surface area contributed by atoms with Gasteiger partial charge in [-0.3, -0.25) is 4.90 Å². The third-order valence-corrected chi connectivity index (χ3v) is 3.42. The van der Waals surface area contributed by atoms with E-state index in [1.807, 2.05) is 11.0 Å². The van der Waals surface area contributed by atoms with Gasteiger partial charge in [-0.05, 0) is 17.7 Å². The molecule has 1 N–H and O–H groups in total. The van der Waals surface area contributed by atoms with Crippen molar-refractivity contribution >= 4 is 24.8 Å². The van der Waals surface area contributed by atoms with Crippen LogP contribution in [-0.2, 0) is 0 Å². The summed E-state index contributed by atoms with van der Waals surface area (Å²) in [6.07, 6.45) is -5.11. The van der Waals surface area contributed by atoms with Gasteiger partial charge in [0.15, 0.2) is 0 Å². The van der Waals surface area contributed by atoms with E-state index in [2.05, 4.69) is 5.32 Å². The summed E-state index contributed by atoms with van der Waals surface area (Å²) in [6.45, 7) is 2.54. The number of rotatable bonds is 3. The molecule has 0 unspecified atom stereocenters. The average Bonchev–Trinajstić information content (AvgIpc) is 2.45. The summed E-state index contributed by atoms with van der Waals surface area (Å²) < 4.78 is 38.5. The van der Waals surface area contributed by atoms with Crippen molar-refractivity contribution < 1.29 is 13.2 Å². The van der Waals surface area contributed by atoms with Crippen molar-refractivity contribution in [1.82, 2.24) is 10.2 Å². The van der Waals surface area contributed by atoms with Crippen molar-refractivity contribution in [2.75, 3.05) is 26.2 Å². The largest absolute Gasteiger partial charge is 0.390 e. The van der Waals surface area contributed by atoms with E-state index >= 15 is 0 Å². The van der Waals surface area contributed by atoms with Gasteiger partial charge in [0.2, 0.25) is 0 Å². The van der Waals surface area contributed by atoms with Crippen molar-refractivity contribution in [3.8, 4) is 6.07 Å². The lowest BCUT2D eigenvalue weighted by atomic mass is 9.99. The molecule has 1 saturated heterocycles. The van der Waals surface area contributed by atoms with E-state index < -0.39 is 18.6 Å². The second-order valence-corrected chi connectivity index (χ2v) is 4.86. The monoisotopic (exact) mass is 355 g/mol. The Labute approximate surface area is 140 Å². The van der Waals surface area contributed by atoms with Gasteiger partial charge in [0, 0.05) is 32.2 Å². The fourth-order valence-corrected chi connectivity index (χ4v) is 2.49. The molecule has 0 aliphatic carbocycles. The van der Waals surface area contributed by atoms with Crippen molar-refractivity contribution in [2.24, 2.45) is 0 Å². The number of piperazine rings is 1. The molecule has 0 bridgehead atoms. The van der Waals surface area contributed by atoms with E-state index in [1.54, 1.807) is 24.3 Å². The quantitative estimate of drug-likeness (QED) is 0.903. The molecule has 1 aromatic carbocycles. The Morgan fingerprint density at radius 1 is 1.23 bits per heavy atom. The molecule has 1 heterocycles. The number of hydrogen-bond donors (Lipinski definition) is 1. The van der Waals surface area contributed by atoms with Crippen LogP contribution >= 0.6 is 24.8 Å². The van der Waals surface area contributed by atoms with Crippen LogP contribution in [0.1, 0.15) is 23.6 Å². The van der Waals surface area contributed by atoms with Gasteiger partial charge in [-0.2, -0.15) is 18.4 Å². The smallest absolute Gasteiger partial charge is 0.314 e. The first-order valence-corrected chi connectivity index (χ1v) is 6.51. The molecule has 3 nitrogen and oxygen atoms in total. The van der Waals surface area contributed by atoms with Gasteiger partial charge in [0.05, 0.1) is 18.1 Å². The van der Waals surface area contributed by atoms with Crippen LogP contribution in [0, 0.1) is 11.3 Å². The molecule has 1 aliphatic rings. The van der Waals surface area contributed by atoms with Crippen molar-refractivity contribution in [3.05, 3.63) is 35.4 Å². The number of halogens is 5. The predicted octanol–water partition coefficient (Wildman–Crippen LogP) is 3.30. The van der Waals surface area contributed by atoms with Crippen LogP contribution in [0.3, 0.4) is 0 Å². The first-order chi connectivity index (χ1) is 9.49. The Morgan fingerprint density at radius 2 is 1.86 bits per heavy atom. The van der Waals surface area contributed by atoms with E-state index in [0.29, 0.717) is 37.3 Å². The van der Waals surface area contributed by atoms with Crippen molar-refractivity contribution in [1.29, 1.82) is 5.26 Å². The molecule has 1 aliphatic heterocycles. The van der Waals surface area contributed by atoms with E-state index in [-0.39, 0.29) is 24.8 Å². The second kappa shape index (κ2) is 9.21. The molecule has 0 spiro atoms. The Balaban J connectivity index is 0.00000220. The van der Waals surface area contributed by atoms with Gasteiger partial charge < -0.3 is 5.32 Å². The molecule has 8 heteroatoms. The van der Waals surface area contributed by atoms with Crippen LogP contribution in [0.5, 0.6) is 0 Å². The Morgan fingerprint density at radius 3 is 2.41 bits per heavy atom. The first-order valence-electron chi connectivity index (χ1n) is 6.51. The van der Waals surface area contributed by atoms with Gasteiger partial charge in [-0.1, -0.05) is 12.1 Å². The lowest BCUT2D eigenvalue weighted by Gasteiger charge is -2.35. The van der Waals surface area contributed by atoms with Crippen LogP contribution in [-0.4, -0.2) is 37.3 Å². The Bertz CT molecular complexity index is 497. The van der Waals surface area contributed by atoms with E-state index in [1.165, 1.54) is 0 Å². The topological polar surface area (TPSA) is 39.1 Å². The molecule has 0 radical (unpaired) electrons. The summed E-state index contributed by atoms with van der Waals surface area (Å²) in [6, 6.07) is 7.72. The molecule has 1 aromatic rings. The number of nitrogens with one attached hydrogen (secondary N) is 1. The summed E-state index contributed by atoms with van der Waals surface area (Å²) in [4.78, 5) is 1.83. The highest BCUT2D eigenvalue weighted by Gasteiger charge is 2.35.